The predicted octanol–water partition coefficient (Wildman–Crippen LogP) is 1.09. The largest absolute Gasteiger partial charge is 0.469 e. The number of ether oxygens (including phenoxy) is 1. The van der Waals surface area contributed by atoms with Gasteiger partial charge in [0.25, 0.3) is 0 Å². The molecule has 0 unspecified atom stereocenters. The second-order valence-electron chi connectivity index (χ2n) is 6.13. The summed E-state index contributed by atoms with van der Waals surface area (Å²) in [5, 5.41) is 0. The van der Waals surface area contributed by atoms with Crippen LogP contribution in [0.3, 0.4) is 0 Å². The average Bonchev–Trinajstić information content (AvgIpc) is 2.59. The van der Waals surface area contributed by atoms with Crippen LogP contribution in [0.2, 0.25) is 0 Å². The van der Waals surface area contributed by atoms with Gasteiger partial charge < -0.3 is 9.64 Å². The van der Waals surface area contributed by atoms with Gasteiger partial charge in [-0.15, -0.1) is 0 Å². The number of nitrogens with zero attached hydrogens (tertiary/aromatic N) is 2. The summed E-state index contributed by atoms with van der Waals surface area (Å²) in [6.45, 7) is 4.85. The molecule has 8 heteroatoms. The Bertz CT molecular complexity index is 752. The number of sulfonamides is 1. The van der Waals surface area contributed by atoms with Gasteiger partial charge in [0.2, 0.25) is 15.9 Å². The number of hydrogen-bond donors (Lipinski definition) is 0. The van der Waals surface area contributed by atoms with Gasteiger partial charge in [0.05, 0.1) is 18.4 Å². The molecule has 0 atom stereocenters. The monoisotopic (exact) mass is 368 g/mol. The molecule has 0 N–H and O–H groups in total. The van der Waals surface area contributed by atoms with Crippen LogP contribution >= 0.6 is 0 Å². The maximum Gasteiger partial charge on any atom is 0.306 e. The van der Waals surface area contributed by atoms with Gasteiger partial charge in [0.1, 0.15) is 0 Å². The minimum Gasteiger partial charge on any atom is -0.469 e. The SMILES string of the molecule is COC(=O)CCC(=O)N1CCN(S(=O)(=O)c2ccc(C)cc2C)CC1. The molecule has 7 nitrogen and oxygen atoms in total. The minimum absolute atomic E-state index is 0.0381. The van der Waals surface area contributed by atoms with Crippen molar-refractivity contribution in [2.45, 2.75) is 31.6 Å². The number of esters is 1. The van der Waals surface area contributed by atoms with Crippen molar-refractivity contribution >= 4 is 21.9 Å². The van der Waals surface area contributed by atoms with Gasteiger partial charge in [-0.3, -0.25) is 9.59 Å². The lowest BCUT2D eigenvalue weighted by Crippen LogP contribution is -2.50. The molecule has 1 aliphatic heterocycles. The highest BCUT2D eigenvalue weighted by Gasteiger charge is 2.31. The summed E-state index contributed by atoms with van der Waals surface area (Å²) in [4.78, 5) is 25.1. The molecule has 2 rings (SSSR count). The summed E-state index contributed by atoms with van der Waals surface area (Å²) in [5.41, 5.74) is 1.73. The molecule has 0 bridgehead atoms. The topological polar surface area (TPSA) is 84.0 Å². The number of amides is 1. The van der Waals surface area contributed by atoms with Crippen LogP contribution in [0.25, 0.3) is 0 Å². The van der Waals surface area contributed by atoms with E-state index in [9.17, 15) is 18.0 Å². The number of carbonyl (C=O) groups excluding carboxylic acids is 2. The Morgan fingerprint density at radius 3 is 2.28 bits per heavy atom. The minimum atomic E-state index is -3.57. The van der Waals surface area contributed by atoms with Gasteiger partial charge in [-0.2, -0.15) is 4.31 Å². The van der Waals surface area contributed by atoms with Crippen molar-refractivity contribution in [3.8, 4) is 0 Å². The van der Waals surface area contributed by atoms with E-state index in [1.54, 1.807) is 24.0 Å². The van der Waals surface area contributed by atoms with Gasteiger partial charge in [-0.1, -0.05) is 17.7 Å². The lowest BCUT2D eigenvalue weighted by atomic mass is 10.2. The third-order valence-electron chi connectivity index (χ3n) is 4.31. The zero-order valence-electron chi connectivity index (χ0n) is 14.8. The molecule has 1 aromatic rings. The number of hydrogen-bond acceptors (Lipinski definition) is 5. The Hall–Kier alpha value is -1.93. The number of rotatable bonds is 5. The Morgan fingerprint density at radius 1 is 1.08 bits per heavy atom. The Morgan fingerprint density at radius 2 is 1.72 bits per heavy atom. The van der Waals surface area contributed by atoms with Gasteiger partial charge in [0, 0.05) is 32.6 Å². The van der Waals surface area contributed by atoms with E-state index in [0.29, 0.717) is 18.0 Å². The summed E-state index contributed by atoms with van der Waals surface area (Å²) in [7, 11) is -2.29. The lowest BCUT2D eigenvalue weighted by Gasteiger charge is -2.34. The van der Waals surface area contributed by atoms with Crippen molar-refractivity contribution in [2.75, 3.05) is 33.3 Å². The van der Waals surface area contributed by atoms with Gasteiger partial charge in [-0.25, -0.2) is 8.42 Å². The molecule has 1 heterocycles. The zero-order chi connectivity index (χ0) is 18.6. The zero-order valence-corrected chi connectivity index (χ0v) is 15.6. The van der Waals surface area contributed by atoms with E-state index in [-0.39, 0.29) is 31.8 Å². The Balaban J connectivity index is 1.99. The van der Waals surface area contributed by atoms with E-state index in [4.69, 9.17) is 0 Å². The van der Waals surface area contributed by atoms with Crippen molar-refractivity contribution in [1.29, 1.82) is 0 Å². The molecule has 1 aliphatic rings. The number of methoxy groups -OCH3 is 1. The lowest BCUT2D eigenvalue weighted by molar-refractivity contribution is -0.143. The smallest absolute Gasteiger partial charge is 0.306 e. The molecule has 1 saturated heterocycles. The molecule has 0 spiro atoms. The normalized spacial score (nSPS) is 15.9. The first-order chi connectivity index (χ1) is 11.8. The highest BCUT2D eigenvalue weighted by atomic mass is 32.2. The van der Waals surface area contributed by atoms with Gasteiger partial charge in [0.15, 0.2) is 0 Å². The second-order valence-corrected chi connectivity index (χ2v) is 8.04. The predicted molar refractivity (Wildman–Crippen MR) is 92.5 cm³/mol. The van der Waals surface area contributed by atoms with Crippen molar-refractivity contribution in [3.63, 3.8) is 0 Å². The van der Waals surface area contributed by atoms with Crippen molar-refractivity contribution in [2.24, 2.45) is 0 Å². The van der Waals surface area contributed by atoms with Gasteiger partial charge >= 0.3 is 5.97 Å². The molecule has 0 radical (unpaired) electrons. The first kappa shape index (κ1) is 19.4. The van der Waals surface area contributed by atoms with E-state index in [1.807, 2.05) is 13.0 Å². The average molecular weight is 368 g/mol. The number of carbonyl (C=O) groups is 2. The number of benzene rings is 1. The van der Waals surface area contributed by atoms with E-state index < -0.39 is 16.0 Å². The molecule has 0 saturated carbocycles. The third kappa shape index (κ3) is 4.58. The van der Waals surface area contributed by atoms with Crippen LogP contribution in [-0.2, 0) is 24.3 Å². The highest BCUT2D eigenvalue weighted by Crippen LogP contribution is 2.22. The fourth-order valence-corrected chi connectivity index (χ4v) is 4.50. The summed E-state index contributed by atoms with van der Waals surface area (Å²) < 4.78 is 31.6. The standard InChI is InChI=1S/C17H24N2O5S/c1-13-4-5-15(14(2)12-13)25(22,23)19-10-8-18(9-11-19)16(20)6-7-17(21)24-3/h4-5,12H,6-11H2,1-3H3. The van der Waals surface area contributed by atoms with Crippen LogP contribution in [-0.4, -0.2) is 62.8 Å². The van der Waals surface area contributed by atoms with E-state index in [2.05, 4.69) is 4.74 Å². The quantitative estimate of drug-likeness (QED) is 0.727. The maximum atomic E-state index is 12.8. The van der Waals surface area contributed by atoms with Crippen LogP contribution in [0.4, 0.5) is 0 Å². The van der Waals surface area contributed by atoms with Crippen LogP contribution in [0.15, 0.2) is 23.1 Å². The molecular weight excluding hydrogens is 344 g/mol. The highest BCUT2D eigenvalue weighted by molar-refractivity contribution is 7.89. The summed E-state index contributed by atoms with van der Waals surface area (Å²) in [6.07, 6.45) is 0.118. The molecule has 1 aromatic carbocycles. The Kier molecular flexibility index (Phi) is 6.18. The first-order valence-corrected chi connectivity index (χ1v) is 9.61. The van der Waals surface area contributed by atoms with Gasteiger partial charge in [-0.05, 0) is 25.5 Å². The fraction of sp³-hybridized carbons (Fsp3) is 0.529. The molecule has 1 fully saturated rings. The van der Waals surface area contributed by atoms with E-state index >= 15 is 0 Å². The molecule has 138 valence electrons. The number of piperazine rings is 1. The third-order valence-corrected chi connectivity index (χ3v) is 6.37. The summed E-state index contributed by atoms with van der Waals surface area (Å²) in [6, 6.07) is 5.26. The summed E-state index contributed by atoms with van der Waals surface area (Å²) in [5.74, 6) is -0.585. The first-order valence-electron chi connectivity index (χ1n) is 8.17. The second kappa shape index (κ2) is 7.97. The molecule has 0 aliphatic carbocycles. The summed E-state index contributed by atoms with van der Waals surface area (Å²) >= 11 is 0. The molecule has 25 heavy (non-hydrogen) atoms. The molecule has 1 amide bonds. The molecular formula is C17H24N2O5S. The van der Waals surface area contributed by atoms with Crippen LogP contribution < -0.4 is 0 Å². The fourth-order valence-electron chi connectivity index (χ4n) is 2.87. The molecule has 0 aromatic heterocycles. The Labute approximate surface area is 148 Å². The van der Waals surface area contributed by atoms with Crippen molar-refractivity contribution in [1.82, 2.24) is 9.21 Å². The van der Waals surface area contributed by atoms with Crippen LogP contribution in [0.1, 0.15) is 24.0 Å². The van der Waals surface area contributed by atoms with Crippen molar-refractivity contribution < 1.29 is 22.7 Å². The van der Waals surface area contributed by atoms with Crippen molar-refractivity contribution in [3.05, 3.63) is 29.3 Å². The van der Waals surface area contributed by atoms with Crippen LogP contribution in [0, 0.1) is 13.8 Å². The maximum absolute atomic E-state index is 12.8. The number of aryl methyl sites for hydroxylation is 2. The van der Waals surface area contributed by atoms with Crippen LogP contribution in [0.5, 0.6) is 0 Å². The van der Waals surface area contributed by atoms with E-state index in [1.165, 1.54) is 11.4 Å². The van der Waals surface area contributed by atoms with E-state index in [0.717, 1.165) is 11.1 Å².